The van der Waals surface area contributed by atoms with Crippen LogP contribution in [0.4, 0.5) is 10.1 Å². The molecule has 138 valence electrons. The average molecular weight is 359 g/mol. The van der Waals surface area contributed by atoms with E-state index >= 15 is 0 Å². The molecule has 6 nitrogen and oxygen atoms in total. The third-order valence-corrected chi connectivity index (χ3v) is 3.60. The number of hydrogen-bond donors (Lipinski definition) is 2. The molecule has 0 aliphatic carbocycles. The van der Waals surface area contributed by atoms with Crippen molar-refractivity contribution in [3.8, 4) is 5.75 Å². The first kappa shape index (κ1) is 19.4. The first-order valence-electron chi connectivity index (χ1n) is 8.10. The minimum absolute atomic E-state index is 0.0794. The summed E-state index contributed by atoms with van der Waals surface area (Å²) >= 11 is 0. The minimum atomic E-state index is -0.317. The molecule has 0 fully saturated rings. The Balaban J connectivity index is 1.72. The molecule has 0 aromatic heterocycles. The number of methoxy groups -OCH3 is 1. The van der Waals surface area contributed by atoms with Crippen LogP contribution in [-0.4, -0.2) is 44.0 Å². The number of ether oxygens (including phenoxy) is 1. The molecule has 2 amide bonds. The predicted molar refractivity (Wildman–Crippen MR) is 97.4 cm³/mol. The van der Waals surface area contributed by atoms with Crippen LogP contribution in [0.5, 0.6) is 5.75 Å². The number of hydrogen-bond acceptors (Lipinski definition) is 4. The third-order valence-electron chi connectivity index (χ3n) is 3.60. The minimum Gasteiger partial charge on any atom is -0.497 e. The first-order chi connectivity index (χ1) is 12.5. The van der Waals surface area contributed by atoms with E-state index in [1.165, 1.54) is 12.1 Å². The number of carbonyl (C=O) groups is 2. The van der Waals surface area contributed by atoms with Crippen LogP contribution in [0.1, 0.15) is 5.56 Å². The van der Waals surface area contributed by atoms with Gasteiger partial charge in [0.25, 0.3) is 0 Å². The summed E-state index contributed by atoms with van der Waals surface area (Å²) in [6.07, 6.45) is 0. The van der Waals surface area contributed by atoms with Crippen molar-refractivity contribution in [3.05, 3.63) is 59.9 Å². The second-order valence-electron chi connectivity index (χ2n) is 5.85. The Morgan fingerprint density at radius 1 is 1.00 bits per heavy atom. The zero-order valence-electron chi connectivity index (χ0n) is 14.8. The normalized spacial score (nSPS) is 10.5. The van der Waals surface area contributed by atoms with Gasteiger partial charge < -0.3 is 15.4 Å². The van der Waals surface area contributed by atoms with Crippen molar-refractivity contribution in [3.63, 3.8) is 0 Å². The van der Waals surface area contributed by atoms with E-state index in [4.69, 9.17) is 4.74 Å². The van der Waals surface area contributed by atoms with Crippen LogP contribution in [-0.2, 0) is 16.1 Å². The monoisotopic (exact) mass is 359 g/mol. The van der Waals surface area contributed by atoms with E-state index in [1.807, 2.05) is 0 Å². The highest BCUT2D eigenvalue weighted by Gasteiger charge is 2.11. The number of likely N-dealkylation sites (N-methyl/N-ethyl adjacent to an activating group) is 1. The molecular formula is C19H22FN3O3. The lowest BCUT2D eigenvalue weighted by Crippen LogP contribution is -2.38. The number of nitrogens with one attached hydrogen (secondary N) is 2. The van der Waals surface area contributed by atoms with Gasteiger partial charge in [-0.1, -0.05) is 12.1 Å². The predicted octanol–water partition coefficient (Wildman–Crippen LogP) is 2.02. The SMILES string of the molecule is COc1ccc(NC(=O)CN(C)CC(=O)NCc2ccc(F)cc2)cc1. The number of rotatable bonds is 8. The molecule has 0 radical (unpaired) electrons. The maximum Gasteiger partial charge on any atom is 0.238 e. The Bertz CT molecular complexity index is 733. The van der Waals surface area contributed by atoms with Gasteiger partial charge in [0.2, 0.25) is 11.8 Å². The van der Waals surface area contributed by atoms with Crippen molar-refractivity contribution >= 4 is 17.5 Å². The van der Waals surface area contributed by atoms with Gasteiger partial charge in [-0.3, -0.25) is 14.5 Å². The molecule has 0 heterocycles. The number of nitrogens with zero attached hydrogens (tertiary/aromatic N) is 1. The summed E-state index contributed by atoms with van der Waals surface area (Å²) in [5, 5.41) is 5.49. The highest BCUT2D eigenvalue weighted by molar-refractivity contribution is 5.92. The fourth-order valence-electron chi connectivity index (χ4n) is 2.28. The van der Waals surface area contributed by atoms with Gasteiger partial charge in [0.15, 0.2) is 0 Å². The lowest BCUT2D eigenvalue weighted by Gasteiger charge is -2.16. The summed E-state index contributed by atoms with van der Waals surface area (Å²) in [5.74, 6) is -0.0429. The van der Waals surface area contributed by atoms with Gasteiger partial charge >= 0.3 is 0 Å². The molecular weight excluding hydrogens is 337 g/mol. The van der Waals surface area contributed by atoms with Gasteiger partial charge in [0, 0.05) is 12.2 Å². The Hall–Kier alpha value is -2.93. The van der Waals surface area contributed by atoms with Gasteiger partial charge in [-0.25, -0.2) is 4.39 Å². The maximum absolute atomic E-state index is 12.8. The van der Waals surface area contributed by atoms with E-state index in [9.17, 15) is 14.0 Å². The zero-order valence-corrected chi connectivity index (χ0v) is 14.8. The van der Waals surface area contributed by atoms with Gasteiger partial charge in [0.1, 0.15) is 11.6 Å². The highest BCUT2D eigenvalue weighted by atomic mass is 19.1. The van der Waals surface area contributed by atoms with Gasteiger partial charge in [-0.15, -0.1) is 0 Å². The summed E-state index contributed by atoms with van der Waals surface area (Å²) in [6.45, 7) is 0.470. The largest absolute Gasteiger partial charge is 0.497 e. The van der Waals surface area contributed by atoms with E-state index < -0.39 is 0 Å². The topological polar surface area (TPSA) is 70.7 Å². The van der Waals surface area contributed by atoms with Crippen LogP contribution in [0.2, 0.25) is 0 Å². The molecule has 0 bridgehead atoms. The molecule has 2 aromatic carbocycles. The number of carbonyl (C=O) groups excluding carboxylic acids is 2. The van der Waals surface area contributed by atoms with E-state index in [1.54, 1.807) is 55.5 Å². The lowest BCUT2D eigenvalue weighted by molar-refractivity contribution is -0.123. The summed E-state index contributed by atoms with van der Waals surface area (Å²) < 4.78 is 17.9. The van der Waals surface area contributed by atoms with Crippen LogP contribution in [0.3, 0.4) is 0 Å². The van der Waals surface area contributed by atoms with Gasteiger partial charge in [-0.2, -0.15) is 0 Å². The smallest absolute Gasteiger partial charge is 0.238 e. The van der Waals surface area contributed by atoms with E-state index in [-0.39, 0.29) is 30.7 Å². The Morgan fingerprint density at radius 2 is 1.62 bits per heavy atom. The van der Waals surface area contributed by atoms with Gasteiger partial charge in [-0.05, 0) is 49.0 Å². The zero-order chi connectivity index (χ0) is 18.9. The molecule has 0 saturated carbocycles. The van der Waals surface area contributed by atoms with Crippen molar-refractivity contribution in [2.45, 2.75) is 6.54 Å². The Morgan fingerprint density at radius 3 is 2.23 bits per heavy atom. The Kier molecular flexibility index (Phi) is 7.11. The molecule has 2 N–H and O–H groups in total. The summed E-state index contributed by atoms with van der Waals surface area (Å²) in [5.41, 5.74) is 1.46. The summed E-state index contributed by atoms with van der Waals surface area (Å²) in [4.78, 5) is 25.6. The third kappa shape index (κ3) is 6.52. The first-order valence-corrected chi connectivity index (χ1v) is 8.10. The molecule has 7 heteroatoms. The maximum atomic E-state index is 12.8. The van der Waals surface area contributed by atoms with E-state index in [0.717, 1.165) is 5.56 Å². The average Bonchev–Trinajstić information content (AvgIpc) is 2.61. The lowest BCUT2D eigenvalue weighted by atomic mass is 10.2. The number of anilines is 1. The molecule has 0 atom stereocenters. The molecule has 0 aliphatic heterocycles. The second-order valence-corrected chi connectivity index (χ2v) is 5.85. The van der Waals surface area contributed by atoms with E-state index in [0.29, 0.717) is 18.0 Å². The van der Waals surface area contributed by atoms with Crippen LogP contribution < -0.4 is 15.4 Å². The molecule has 0 saturated heterocycles. The molecule has 2 rings (SSSR count). The van der Waals surface area contributed by atoms with Crippen molar-refractivity contribution < 1.29 is 18.7 Å². The number of amides is 2. The van der Waals surface area contributed by atoms with Crippen LogP contribution in [0.25, 0.3) is 0 Å². The highest BCUT2D eigenvalue weighted by Crippen LogP contribution is 2.14. The fourth-order valence-corrected chi connectivity index (χ4v) is 2.28. The molecule has 0 aliphatic rings. The fraction of sp³-hybridized carbons (Fsp3) is 0.263. The molecule has 2 aromatic rings. The molecule has 0 unspecified atom stereocenters. The number of benzene rings is 2. The van der Waals surface area contributed by atoms with Crippen molar-refractivity contribution in [1.29, 1.82) is 0 Å². The Labute approximate surface area is 152 Å². The molecule has 26 heavy (non-hydrogen) atoms. The van der Waals surface area contributed by atoms with E-state index in [2.05, 4.69) is 10.6 Å². The number of halogens is 1. The molecule has 0 spiro atoms. The quantitative estimate of drug-likeness (QED) is 0.757. The van der Waals surface area contributed by atoms with Crippen molar-refractivity contribution in [1.82, 2.24) is 10.2 Å². The summed E-state index contributed by atoms with van der Waals surface area (Å²) in [7, 11) is 3.26. The van der Waals surface area contributed by atoms with Crippen LogP contribution >= 0.6 is 0 Å². The van der Waals surface area contributed by atoms with Gasteiger partial charge in [0.05, 0.1) is 20.2 Å². The van der Waals surface area contributed by atoms with Crippen molar-refractivity contribution in [2.24, 2.45) is 0 Å². The second kappa shape index (κ2) is 9.53. The standard InChI is InChI=1S/C19H22FN3O3/c1-23(12-18(24)21-11-14-3-5-15(20)6-4-14)13-19(25)22-16-7-9-17(26-2)10-8-16/h3-10H,11-13H2,1-2H3,(H,21,24)(H,22,25). The summed E-state index contributed by atoms with van der Waals surface area (Å²) in [6, 6.07) is 12.9. The van der Waals surface area contributed by atoms with Crippen molar-refractivity contribution in [2.75, 3.05) is 32.6 Å². The van der Waals surface area contributed by atoms with Crippen LogP contribution in [0, 0.1) is 5.82 Å². The van der Waals surface area contributed by atoms with Crippen LogP contribution in [0.15, 0.2) is 48.5 Å².